The van der Waals surface area contributed by atoms with Gasteiger partial charge in [0, 0.05) is 33.6 Å². The molecule has 1 N–H and O–H groups in total. The number of allylic oxidation sites excluding steroid dienone is 1. The van der Waals surface area contributed by atoms with Gasteiger partial charge in [0.05, 0.1) is 6.19 Å². The van der Waals surface area contributed by atoms with E-state index in [0.717, 1.165) is 21.2 Å². The third kappa shape index (κ3) is 5.49. The summed E-state index contributed by atoms with van der Waals surface area (Å²) < 4.78 is 4.91. The highest BCUT2D eigenvalue weighted by Crippen LogP contribution is 2.45. The lowest BCUT2D eigenvalue weighted by atomic mass is 10.4. The van der Waals surface area contributed by atoms with Crippen molar-refractivity contribution in [3.8, 4) is 0 Å². The molecule has 0 heterocycles. The van der Waals surface area contributed by atoms with Crippen molar-refractivity contribution >= 4 is 63.4 Å². The fraction of sp³-hybridized carbons (Fsp3) is 0. The van der Waals surface area contributed by atoms with Gasteiger partial charge in [-0.3, -0.25) is 4.76 Å². The average Bonchev–Trinajstić information content (AvgIpc) is 2.90. The minimum Gasteiger partial charge on any atom is -0.357 e. The van der Waals surface area contributed by atoms with Crippen LogP contribution >= 0.6 is 12.4 Å². The Hall–Kier alpha value is -2.61. The minimum atomic E-state index is -2.31. The molecule has 4 rings (SSSR count). The van der Waals surface area contributed by atoms with Gasteiger partial charge in [0.1, 0.15) is 6.19 Å². The van der Waals surface area contributed by atoms with Crippen LogP contribution in [0.15, 0.2) is 138 Å². The Morgan fingerprint density at radius 1 is 0.545 bits per heavy atom. The molecule has 164 valence electrons. The molecule has 0 fully saturated rings. The predicted molar refractivity (Wildman–Crippen MR) is 154 cm³/mol. The van der Waals surface area contributed by atoms with Gasteiger partial charge in [-0.1, -0.05) is 145 Å². The van der Waals surface area contributed by atoms with Crippen molar-refractivity contribution in [3.63, 3.8) is 0 Å². The Morgan fingerprint density at radius 2 is 0.909 bits per heavy atom. The van der Waals surface area contributed by atoms with Crippen molar-refractivity contribution in [2.45, 2.75) is 0 Å². The van der Waals surface area contributed by atoms with E-state index in [2.05, 4.69) is 53.6 Å². The lowest BCUT2D eigenvalue weighted by Gasteiger charge is -2.23. The minimum absolute atomic E-state index is 1.07. The molecule has 0 unspecified atom stereocenters. The van der Waals surface area contributed by atoms with Crippen molar-refractivity contribution in [1.82, 2.24) is 5.09 Å². The second-order valence-electron chi connectivity index (χ2n) is 7.28. The van der Waals surface area contributed by atoms with Gasteiger partial charge in [-0.05, 0) is 6.08 Å². The summed E-state index contributed by atoms with van der Waals surface area (Å²) in [4.78, 5) is 0. The Kier molecular flexibility index (Phi) is 7.85. The molecule has 0 atom stereocenters. The van der Waals surface area contributed by atoms with E-state index in [0.29, 0.717) is 0 Å². The maximum Gasteiger partial charge on any atom is 0.112 e. The molecule has 0 saturated heterocycles. The van der Waals surface area contributed by atoms with E-state index < -0.39 is 12.4 Å². The summed E-state index contributed by atoms with van der Waals surface area (Å²) in [5.74, 6) is 0. The van der Waals surface area contributed by atoms with Gasteiger partial charge < -0.3 is 5.09 Å². The van der Waals surface area contributed by atoms with Crippen molar-refractivity contribution in [1.29, 1.82) is 0 Å². The van der Waals surface area contributed by atoms with Crippen LogP contribution < -0.4 is 26.3 Å². The first-order valence-electron chi connectivity index (χ1n) is 10.5. The topological polar surface area (TPSA) is 24.4 Å². The monoisotopic (exact) mass is 502 g/mol. The van der Waals surface area contributed by atoms with Crippen LogP contribution in [0.2, 0.25) is 0 Å². The van der Waals surface area contributed by atoms with Gasteiger partial charge in [-0.2, -0.15) is 0 Å². The lowest BCUT2D eigenvalue weighted by Crippen LogP contribution is -2.24. The highest BCUT2D eigenvalue weighted by Gasteiger charge is 2.21. The molecule has 0 radical (unpaired) electrons. The van der Waals surface area contributed by atoms with E-state index >= 15 is 0 Å². The van der Waals surface area contributed by atoms with Crippen LogP contribution in [-0.2, 0) is 23.6 Å². The van der Waals surface area contributed by atoms with E-state index in [1.165, 1.54) is 0 Å². The summed E-state index contributed by atoms with van der Waals surface area (Å²) in [5.41, 5.74) is 0. The van der Waals surface area contributed by atoms with Gasteiger partial charge in [0.2, 0.25) is 0 Å². The van der Waals surface area contributed by atoms with Crippen molar-refractivity contribution in [3.05, 3.63) is 134 Å². The third-order valence-electron chi connectivity index (χ3n) is 5.12. The summed E-state index contributed by atoms with van der Waals surface area (Å²) in [7, 11) is 0. The van der Waals surface area contributed by atoms with Crippen molar-refractivity contribution in [2.24, 2.45) is 4.76 Å². The van der Waals surface area contributed by atoms with Crippen LogP contribution in [0.1, 0.15) is 0 Å². The number of rotatable bonds is 8. The molecule has 2 nitrogen and oxygen atoms in total. The van der Waals surface area contributed by atoms with Crippen molar-refractivity contribution < 1.29 is 0 Å². The number of benzene rings is 4. The normalized spacial score (nSPS) is 12.2. The number of hydrogen-bond acceptors (Lipinski definition) is 2. The molecule has 0 aromatic heterocycles. The van der Waals surface area contributed by atoms with Gasteiger partial charge >= 0.3 is 0 Å². The first-order valence-corrected chi connectivity index (χ1v) is 16.1. The fourth-order valence-corrected chi connectivity index (χ4v) is 9.30. The summed E-state index contributed by atoms with van der Waals surface area (Å²) >= 11 is 12.4. The van der Waals surface area contributed by atoms with Gasteiger partial charge in [-0.25, -0.2) is 0 Å². The first kappa shape index (κ1) is 23.5. The van der Waals surface area contributed by atoms with E-state index in [-0.39, 0.29) is 0 Å². The zero-order valence-corrected chi connectivity index (χ0v) is 21.4. The van der Waals surface area contributed by atoms with E-state index in [9.17, 15) is 0 Å². The third-order valence-corrected chi connectivity index (χ3v) is 13.3. The number of hydrogen-bond donors (Lipinski definition) is 1. The highest BCUT2D eigenvalue weighted by molar-refractivity contribution is 8.21. The molecular weight excluding hydrogens is 478 g/mol. The Morgan fingerprint density at radius 3 is 1.30 bits per heavy atom. The molecule has 4 aromatic rings. The van der Waals surface area contributed by atoms with Crippen LogP contribution in [0.5, 0.6) is 0 Å². The zero-order chi connectivity index (χ0) is 23.0. The van der Waals surface area contributed by atoms with Gasteiger partial charge in [0.15, 0.2) is 0 Å². The highest BCUT2D eigenvalue weighted by atomic mass is 32.4. The SMILES string of the molecule is S=P(/N=C/C=C\NP(=S)(c1ccccc1)c1ccccc1)(c1ccccc1)c1ccccc1. The predicted octanol–water partition coefficient (Wildman–Crippen LogP) is 5.25. The first-order chi connectivity index (χ1) is 16.1. The standard InChI is InChI=1S/C27H24N2P2S2/c32-30(24-14-5-1-6-15-24,25-16-7-2-8-17-25)28-22-13-23-29-31(33,26-18-9-3-10-19-26)27-20-11-4-12-21-27/h1-23H,(H,28,32)/b22-13-,29-23+. The Labute approximate surface area is 206 Å². The molecule has 0 aliphatic rings. The van der Waals surface area contributed by atoms with Crippen LogP contribution in [0, 0.1) is 0 Å². The molecule has 0 amide bonds. The van der Waals surface area contributed by atoms with Crippen LogP contribution in [0.3, 0.4) is 0 Å². The summed E-state index contributed by atoms with van der Waals surface area (Å²) in [6, 6.07) is 40.8. The molecular formula is C27H24N2P2S2. The zero-order valence-electron chi connectivity index (χ0n) is 17.9. The van der Waals surface area contributed by atoms with Gasteiger partial charge in [-0.15, -0.1) is 0 Å². The molecule has 0 aliphatic heterocycles. The largest absolute Gasteiger partial charge is 0.357 e. The summed E-state index contributed by atoms with van der Waals surface area (Å²) in [6.45, 7) is 0. The van der Waals surface area contributed by atoms with Crippen molar-refractivity contribution in [2.75, 3.05) is 0 Å². The quantitative estimate of drug-likeness (QED) is 0.263. The maximum absolute atomic E-state index is 6.20. The maximum atomic E-state index is 6.20. The molecule has 6 heteroatoms. The van der Waals surface area contributed by atoms with Crippen LogP contribution in [0.25, 0.3) is 0 Å². The van der Waals surface area contributed by atoms with Crippen LogP contribution in [0.4, 0.5) is 0 Å². The summed E-state index contributed by atoms with van der Waals surface area (Å²) in [5, 5.41) is 7.90. The smallest absolute Gasteiger partial charge is 0.112 e. The molecule has 0 spiro atoms. The fourth-order valence-electron chi connectivity index (χ4n) is 3.44. The van der Waals surface area contributed by atoms with Gasteiger partial charge in [0.25, 0.3) is 0 Å². The summed E-state index contributed by atoms with van der Waals surface area (Å²) in [6.07, 6.45) is 1.10. The molecule has 33 heavy (non-hydrogen) atoms. The molecule has 0 saturated carbocycles. The number of nitrogens with zero attached hydrogens (tertiary/aromatic N) is 1. The molecule has 0 aliphatic carbocycles. The lowest BCUT2D eigenvalue weighted by molar-refractivity contribution is 1.40. The second kappa shape index (κ2) is 11.0. The molecule has 4 aromatic carbocycles. The number of nitrogens with one attached hydrogen (secondary N) is 1. The van der Waals surface area contributed by atoms with Crippen LogP contribution in [-0.4, -0.2) is 6.21 Å². The van der Waals surface area contributed by atoms with E-state index in [1.807, 2.05) is 91.3 Å². The Balaban J connectivity index is 1.62. The second-order valence-corrected chi connectivity index (χ2v) is 15.4. The molecule has 0 bridgehead atoms. The average molecular weight is 503 g/mol. The Bertz CT molecular complexity index is 1240. The van der Waals surface area contributed by atoms with E-state index in [1.54, 1.807) is 0 Å². The van der Waals surface area contributed by atoms with E-state index in [4.69, 9.17) is 28.4 Å².